The number of Topliss-reactive ketones (excluding diaryl/α,β-unsaturated/α-hetero) is 1. The van der Waals surface area contributed by atoms with Gasteiger partial charge in [-0.05, 0) is 69.5 Å². The van der Waals surface area contributed by atoms with E-state index in [4.69, 9.17) is 9.47 Å². The highest BCUT2D eigenvalue weighted by atomic mass is 16.6. The summed E-state index contributed by atoms with van der Waals surface area (Å²) in [7, 11) is 1.66. The highest BCUT2D eigenvalue weighted by Gasteiger charge is 2.61. The zero-order chi connectivity index (χ0) is 25.0. The zero-order valence-corrected chi connectivity index (χ0v) is 21.0. The maximum Gasteiger partial charge on any atom is 0.410 e. The molecular weight excluding hydrogens is 440 g/mol. The average Bonchev–Trinajstić information content (AvgIpc) is 3.34. The summed E-state index contributed by atoms with van der Waals surface area (Å²) >= 11 is 0. The molecule has 182 valence electrons. The second kappa shape index (κ2) is 8.29. The van der Waals surface area contributed by atoms with Gasteiger partial charge in [-0.15, -0.1) is 0 Å². The summed E-state index contributed by atoms with van der Waals surface area (Å²) in [6, 6.07) is 16.1. The summed E-state index contributed by atoms with van der Waals surface area (Å²) in [5.41, 5.74) is 4.09. The number of amides is 1. The lowest BCUT2D eigenvalue weighted by Crippen LogP contribution is -2.50. The van der Waals surface area contributed by atoms with E-state index in [1.165, 1.54) is 0 Å². The summed E-state index contributed by atoms with van der Waals surface area (Å²) in [5, 5.41) is 0. The molecule has 35 heavy (non-hydrogen) atoms. The first-order chi connectivity index (χ1) is 16.7. The third-order valence-electron chi connectivity index (χ3n) is 7.20. The second-order valence-electron chi connectivity index (χ2n) is 10.5. The van der Waals surface area contributed by atoms with Crippen LogP contribution in [-0.2, 0) is 21.5 Å². The molecule has 6 heteroatoms. The highest BCUT2D eigenvalue weighted by Crippen LogP contribution is 2.59. The third-order valence-corrected chi connectivity index (χ3v) is 7.20. The number of para-hydroxylation sites is 1. The van der Waals surface area contributed by atoms with Crippen molar-refractivity contribution in [3.8, 4) is 5.75 Å². The standard InChI is InChI=1S/C29H32N2O4/c1-19(32)22-14-15-25-29(16-17-30(26(22)29)27(33)35-28(2,3)4)23-8-6-7-9-24(23)31(25)18-20-10-12-21(34-5)13-11-20/h6-15,26H,16-18H2,1-5H3. The molecule has 1 amide bonds. The van der Waals surface area contributed by atoms with Gasteiger partial charge < -0.3 is 14.4 Å². The quantitative estimate of drug-likeness (QED) is 0.598. The minimum Gasteiger partial charge on any atom is -0.497 e. The third kappa shape index (κ3) is 3.72. The fraction of sp³-hybridized carbons (Fsp3) is 0.379. The van der Waals surface area contributed by atoms with Crippen LogP contribution in [0.1, 0.15) is 45.2 Å². The Morgan fingerprint density at radius 3 is 2.43 bits per heavy atom. The number of benzene rings is 2. The number of hydrogen-bond donors (Lipinski definition) is 0. The SMILES string of the molecule is COc1ccc(CN2C3=CC=C(C(C)=O)C4N(C(=O)OC(C)(C)C)CCC34c3ccccc32)cc1. The molecule has 2 heterocycles. The van der Waals surface area contributed by atoms with Crippen LogP contribution < -0.4 is 9.64 Å². The van der Waals surface area contributed by atoms with Crippen molar-refractivity contribution in [1.29, 1.82) is 0 Å². The summed E-state index contributed by atoms with van der Waals surface area (Å²) in [6.07, 6.45) is 4.33. The van der Waals surface area contributed by atoms with Gasteiger partial charge in [-0.25, -0.2) is 4.79 Å². The lowest BCUT2D eigenvalue weighted by atomic mass is 9.68. The average molecular weight is 473 g/mol. The van der Waals surface area contributed by atoms with Crippen molar-refractivity contribution < 1.29 is 19.1 Å². The van der Waals surface area contributed by atoms with E-state index >= 15 is 0 Å². The predicted molar refractivity (Wildman–Crippen MR) is 135 cm³/mol. The van der Waals surface area contributed by atoms with Crippen molar-refractivity contribution in [2.45, 2.75) is 57.7 Å². The molecule has 2 aromatic carbocycles. The van der Waals surface area contributed by atoms with Gasteiger partial charge in [-0.3, -0.25) is 9.69 Å². The van der Waals surface area contributed by atoms with Crippen LogP contribution in [0.15, 0.2) is 72.0 Å². The van der Waals surface area contributed by atoms with Gasteiger partial charge in [0.25, 0.3) is 0 Å². The van der Waals surface area contributed by atoms with E-state index in [2.05, 4.69) is 35.2 Å². The molecule has 1 saturated heterocycles. The lowest BCUT2D eigenvalue weighted by molar-refractivity contribution is -0.114. The molecule has 6 nitrogen and oxygen atoms in total. The Morgan fingerprint density at radius 1 is 1.06 bits per heavy atom. The van der Waals surface area contributed by atoms with Gasteiger partial charge in [0.1, 0.15) is 11.4 Å². The molecule has 1 fully saturated rings. The predicted octanol–water partition coefficient (Wildman–Crippen LogP) is 5.38. The molecule has 0 bridgehead atoms. The first kappa shape index (κ1) is 23.2. The number of carbonyl (C=O) groups is 2. The van der Waals surface area contributed by atoms with E-state index in [0.717, 1.165) is 34.7 Å². The van der Waals surface area contributed by atoms with Crippen LogP contribution in [0.2, 0.25) is 0 Å². The van der Waals surface area contributed by atoms with Crippen molar-refractivity contribution in [2.75, 3.05) is 18.6 Å². The summed E-state index contributed by atoms with van der Waals surface area (Å²) in [5.74, 6) is 0.799. The van der Waals surface area contributed by atoms with Crippen LogP contribution in [0.25, 0.3) is 0 Å². The number of methoxy groups -OCH3 is 1. The Hall–Kier alpha value is -3.54. The Bertz CT molecular complexity index is 1240. The van der Waals surface area contributed by atoms with Gasteiger partial charge in [0, 0.05) is 30.0 Å². The van der Waals surface area contributed by atoms with Crippen LogP contribution in [0.5, 0.6) is 5.75 Å². The fourth-order valence-electron chi connectivity index (χ4n) is 5.82. The van der Waals surface area contributed by atoms with Crippen LogP contribution in [-0.4, -0.2) is 42.1 Å². The molecule has 0 N–H and O–H groups in total. The monoisotopic (exact) mass is 472 g/mol. The number of likely N-dealkylation sites (tertiary alicyclic amines) is 1. The van der Waals surface area contributed by atoms with Gasteiger partial charge in [-0.1, -0.05) is 36.4 Å². The molecule has 2 unspecified atom stereocenters. The van der Waals surface area contributed by atoms with Gasteiger partial charge >= 0.3 is 6.09 Å². The number of carbonyl (C=O) groups excluding carboxylic acids is 2. The smallest absolute Gasteiger partial charge is 0.410 e. The Morgan fingerprint density at radius 2 is 1.77 bits per heavy atom. The van der Waals surface area contributed by atoms with Crippen LogP contribution >= 0.6 is 0 Å². The molecule has 0 saturated carbocycles. The lowest BCUT2D eigenvalue weighted by Gasteiger charge is -2.41. The molecule has 0 aromatic heterocycles. The van der Waals surface area contributed by atoms with Crippen molar-refractivity contribution in [1.82, 2.24) is 4.90 Å². The minimum absolute atomic E-state index is 0.0220. The fourth-order valence-corrected chi connectivity index (χ4v) is 5.82. The van der Waals surface area contributed by atoms with Crippen molar-refractivity contribution in [2.24, 2.45) is 0 Å². The summed E-state index contributed by atoms with van der Waals surface area (Å²) < 4.78 is 11.1. The van der Waals surface area contributed by atoms with Gasteiger partial charge in [0.15, 0.2) is 5.78 Å². The molecule has 1 aliphatic carbocycles. The Balaban J connectivity index is 1.61. The number of nitrogens with zero attached hydrogens (tertiary/aromatic N) is 2. The molecule has 2 aliphatic heterocycles. The highest BCUT2D eigenvalue weighted by molar-refractivity contribution is 5.98. The first-order valence-corrected chi connectivity index (χ1v) is 12.1. The number of hydrogen-bond acceptors (Lipinski definition) is 5. The number of ether oxygens (including phenoxy) is 2. The Kier molecular flexibility index (Phi) is 5.50. The van der Waals surface area contributed by atoms with E-state index in [9.17, 15) is 9.59 Å². The van der Waals surface area contributed by atoms with Crippen LogP contribution in [0, 0.1) is 0 Å². The topological polar surface area (TPSA) is 59.1 Å². The number of allylic oxidation sites excluding steroid dienone is 2. The maximum absolute atomic E-state index is 13.3. The van der Waals surface area contributed by atoms with Crippen molar-refractivity contribution >= 4 is 17.6 Å². The molecule has 2 aromatic rings. The number of ketones is 1. The molecule has 5 rings (SSSR count). The van der Waals surface area contributed by atoms with Gasteiger partial charge in [0.05, 0.1) is 18.6 Å². The molecular formula is C29H32N2O4. The van der Waals surface area contributed by atoms with Crippen molar-refractivity contribution in [3.63, 3.8) is 0 Å². The van der Waals surface area contributed by atoms with Crippen LogP contribution in [0.3, 0.4) is 0 Å². The largest absolute Gasteiger partial charge is 0.497 e. The van der Waals surface area contributed by atoms with Gasteiger partial charge in [0.2, 0.25) is 0 Å². The summed E-state index contributed by atoms with van der Waals surface area (Å²) in [4.78, 5) is 30.3. The zero-order valence-electron chi connectivity index (χ0n) is 21.0. The normalized spacial score (nSPS) is 22.6. The van der Waals surface area contributed by atoms with E-state index in [1.807, 2.05) is 51.1 Å². The number of fused-ring (bicyclic) bond motifs is 1. The molecule has 3 aliphatic rings. The second-order valence-corrected chi connectivity index (χ2v) is 10.5. The van der Waals surface area contributed by atoms with E-state index in [-0.39, 0.29) is 11.9 Å². The van der Waals surface area contributed by atoms with E-state index in [1.54, 1.807) is 18.9 Å². The molecule has 1 spiro atoms. The van der Waals surface area contributed by atoms with Crippen LogP contribution in [0.4, 0.5) is 10.5 Å². The van der Waals surface area contributed by atoms with Gasteiger partial charge in [-0.2, -0.15) is 0 Å². The first-order valence-electron chi connectivity index (χ1n) is 12.1. The minimum atomic E-state index is -0.617. The summed E-state index contributed by atoms with van der Waals surface area (Å²) in [6.45, 7) is 8.38. The number of anilines is 1. The van der Waals surface area contributed by atoms with Crippen molar-refractivity contribution in [3.05, 3.63) is 83.1 Å². The maximum atomic E-state index is 13.3. The molecule has 0 radical (unpaired) electrons. The molecule has 2 atom stereocenters. The van der Waals surface area contributed by atoms with E-state index < -0.39 is 17.1 Å². The number of rotatable bonds is 4. The Labute approximate surface area is 206 Å². The van der Waals surface area contributed by atoms with E-state index in [0.29, 0.717) is 18.7 Å².